The molecule has 4 aromatic carbocycles. The number of carbonyl (C=O) groups is 3. The van der Waals surface area contributed by atoms with Crippen molar-refractivity contribution < 1.29 is 33.3 Å². The second-order valence-corrected chi connectivity index (χ2v) is 9.47. The normalized spacial score (nSPS) is 11.2. The van der Waals surface area contributed by atoms with Crippen LogP contribution in [0.5, 0.6) is 23.0 Å². The van der Waals surface area contributed by atoms with Crippen molar-refractivity contribution in [1.29, 1.82) is 0 Å². The summed E-state index contributed by atoms with van der Waals surface area (Å²) in [5.74, 6) is 1.34. The Morgan fingerprint density at radius 3 is 2.07 bits per heavy atom. The number of hydrogen-bond donors (Lipinski definition) is 1. The quantitative estimate of drug-likeness (QED) is 0.129. The number of rotatable bonds is 14. The summed E-state index contributed by atoms with van der Waals surface area (Å²) < 4.78 is 22.2. The summed E-state index contributed by atoms with van der Waals surface area (Å²) in [4.78, 5) is 37.4. The molecule has 1 N–H and O–H groups in total. The fourth-order valence-electron chi connectivity index (χ4n) is 4.05. The van der Waals surface area contributed by atoms with Gasteiger partial charge in [0.15, 0.2) is 17.6 Å². The van der Waals surface area contributed by atoms with Gasteiger partial charge in [-0.3, -0.25) is 14.4 Å². The van der Waals surface area contributed by atoms with Crippen molar-refractivity contribution in [3.8, 4) is 23.0 Å². The van der Waals surface area contributed by atoms with Gasteiger partial charge in [-0.15, -0.1) is 0 Å². The van der Waals surface area contributed by atoms with E-state index in [0.29, 0.717) is 40.9 Å². The molecular formula is C34H33NO7. The zero-order chi connectivity index (χ0) is 29.7. The van der Waals surface area contributed by atoms with Gasteiger partial charge in [0.2, 0.25) is 11.7 Å². The minimum atomic E-state index is -0.945. The maximum Gasteiger partial charge on any atom is 0.306 e. The molecule has 0 radical (unpaired) electrons. The van der Waals surface area contributed by atoms with Crippen LogP contribution >= 0.6 is 0 Å². The number of Topliss-reactive ketones (excluding diaryl/α,β-unsaturated/α-hetero) is 1. The summed E-state index contributed by atoms with van der Waals surface area (Å²) >= 11 is 0. The topological polar surface area (TPSA) is 100 Å². The molecule has 0 aliphatic rings. The van der Waals surface area contributed by atoms with Crippen molar-refractivity contribution >= 4 is 23.3 Å². The van der Waals surface area contributed by atoms with E-state index in [9.17, 15) is 14.4 Å². The Hall–Kier alpha value is -5.11. The first kappa shape index (κ1) is 29.9. The molecule has 4 rings (SSSR count). The molecular weight excluding hydrogens is 534 g/mol. The van der Waals surface area contributed by atoms with E-state index in [4.69, 9.17) is 18.9 Å². The van der Waals surface area contributed by atoms with Crippen LogP contribution in [0.2, 0.25) is 0 Å². The molecule has 0 spiro atoms. The smallest absolute Gasteiger partial charge is 0.306 e. The van der Waals surface area contributed by atoms with E-state index in [0.717, 1.165) is 5.56 Å². The number of carbonyl (C=O) groups excluding carboxylic acids is 3. The van der Waals surface area contributed by atoms with Crippen LogP contribution in [0.4, 0.5) is 5.69 Å². The Kier molecular flexibility index (Phi) is 10.7. The third-order valence-corrected chi connectivity index (χ3v) is 6.28. The van der Waals surface area contributed by atoms with Crippen molar-refractivity contribution in [1.82, 2.24) is 0 Å². The number of esters is 1. The van der Waals surface area contributed by atoms with Crippen molar-refractivity contribution in [2.45, 2.75) is 38.9 Å². The third kappa shape index (κ3) is 8.96. The molecule has 42 heavy (non-hydrogen) atoms. The van der Waals surface area contributed by atoms with Gasteiger partial charge in [-0.1, -0.05) is 42.5 Å². The van der Waals surface area contributed by atoms with E-state index in [1.165, 1.54) is 6.92 Å². The van der Waals surface area contributed by atoms with Gasteiger partial charge in [-0.2, -0.15) is 0 Å². The monoisotopic (exact) mass is 567 g/mol. The van der Waals surface area contributed by atoms with Crippen LogP contribution in [0.15, 0.2) is 103 Å². The number of benzene rings is 4. The van der Waals surface area contributed by atoms with Crippen LogP contribution in [0, 0.1) is 0 Å². The minimum Gasteiger partial charge on any atom is -0.493 e. The molecule has 0 aliphatic carbocycles. The Labute approximate surface area is 245 Å². The lowest BCUT2D eigenvalue weighted by molar-refractivity contribution is -0.146. The predicted octanol–water partition coefficient (Wildman–Crippen LogP) is 6.99. The molecule has 1 atom stereocenters. The first-order valence-electron chi connectivity index (χ1n) is 13.6. The SMILES string of the molecule is COc1ccccc1Oc1ccc(NC(=O)CCCC(=O)OC(C)C(=O)c2ccc(OCc3ccccc3)cc2)cc1. The van der Waals surface area contributed by atoms with Gasteiger partial charge >= 0.3 is 5.97 Å². The molecule has 0 aromatic heterocycles. The van der Waals surface area contributed by atoms with E-state index in [1.54, 1.807) is 67.8 Å². The van der Waals surface area contributed by atoms with Crippen LogP contribution in [0.25, 0.3) is 0 Å². The molecule has 0 heterocycles. The number of hydrogen-bond acceptors (Lipinski definition) is 7. The van der Waals surface area contributed by atoms with Gasteiger partial charge in [0.25, 0.3) is 0 Å². The molecule has 0 aliphatic heterocycles. The summed E-state index contributed by atoms with van der Waals surface area (Å²) in [6, 6.07) is 30.7. The highest BCUT2D eigenvalue weighted by molar-refractivity contribution is 6.00. The van der Waals surface area contributed by atoms with Crippen LogP contribution < -0.4 is 19.5 Å². The molecule has 0 saturated heterocycles. The highest BCUT2D eigenvalue weighted by Crippen LogP contribution is 2.31. The number of amides is 1. The second-order valence-electron chi connectivity index (χ2n) is 9.47. The van der Waals surface area contributed by atoms with E-state index in [-0.39, 0.29) is 31.0 Å². The Bertz CT molecular complexity index is 1470. The Morgan fingerprint density at radius 1 is 0.738 bits per heavy atom. The van der Waals surface area contributed by atoms with Gasteiger partial charge < -0.3 is 24.3 Å². The van der Waals surface area contributed by atoms with E-state index in [2.05, 4.69) is 5.32 Å². The van der Waals surface area contributed by atoms with E-state index in [1.807, 2.05) is 42.5 Å². The average Bonchev–Trinajstić information content (AvgIpc) is 3.01. The van der Waals surface area contributed by atoms with Crippen molar-refractivity contribution in [2.24, 2.45) is 0 Å². The number of para-hydroxylation sites is 2. The summed E-state index contributed by atoms with van der Waals surface area (Å²) in [7, 11) is 1.57. The average molecular weight is 568 g/mol. The molecule has 0 bridgehead atoms. The highest BCUT2D eigenvalue weighted by atomic mass is 16.5. The lowest BCUT2D eigenvalue weighted by Gasteiger charge is -2.13. The number of ether oxygens (including phenoxy) is 4. The highest BCUT2D eigenvalue weighted by Gasteiger charge is 2.20. The number of methoxy groups -OCH3 is 1. The summed E-state index contributed by atoms with van der Waals surface area (Å²) in [5, 5.41) is 2.80. The first-order valence-corrected chi connectivity index (χ1v) is 13.6. The van der Waals surface area contributed by atoms with Crippen LogP contribution in [-0.2, 0) is 20.9 Å². The van der Waals surface area contributed by atoms with Crippen molar-refractivity contribution in [3.05, 3.63) is 114 Å². The maximum absolute atomic E-state index is 12.7. The molecule has 1 unspecified atom stereocenters. The standard InChI is InChI=1S/C34H33NO7/c1-24(34(38)26-15-19-28(20-16-26)40-23-25-9-4-3-5-10-25)41-33(37)14-8-13-32(36)35-27-17-21-29(22-18-27)42-31-12-7-6-11-30(31)39-2/h3-7,9-12,15-22,24H,8,13-14,23H2,1-2H3,(H,35,36). The molecule has 4 aromatic rings. The lowest BCUT2D eigenvalue weighted by atomic mass is 10.1. The summed E-state index contributed by atoms with van der Waals surface area (Å²) in [5.41, 5.74) is 2.06. The summed E-state index contributed by atoms with van der Waals surface area (Å²) in [6.07, 6.45) is -0.516. The largest absolute Gasteiger partial charge is 0.493 e. The van der Waals surface area contributed by atoms with Gasteiger partial charge in [0, 0.05) is 24.1 Å². The molecule has 216 valence electrons. The molecule has 0 fully saturated rings. The minimum absolute atomic E-state index is 0.0169. The molecule has 8 nitrogen and oxygen atoms in total. The van der Waals surface area contributed by atoms with Crippen LogP contribution in [0.1, 0.15) is 42.1 Å². The second kappa shape index (κ2) is 15.0. The van der Waals surface area contributed by atoms with Gasteiger partial charge in [0.1, 0.15) is 18.1 Å². The Morgan fingerprint density at radius 2 is 1.38 bits per heavy atom. The van der Waals surface area contributed by atoms with E-state index >= 15 is 0 Å². The fraction of sp³-hybridized carbons (Fsp3) is 0.206. The third-order valence-electron chi connectivity index (χ3n) is 6.28. The molecule has 8 heteroatoms. The lowest BCUT2D eigenvalue weighted by Crippen LogP contribution is -2.24. The zero-order valence-corrected chi connectivity index (χ0v) is 23.6. The van der Waals surface area contributed by atoms with Gasteiger partial charge in [0.05, 0.1) is 7.11 Å². The maximum atomic E-state index is 12.7. The Balaban J connectivity index is 1.15. The van der Waals surface area contributed by atoms with Crippen molar-refractivity contribution in [2.75, 3.05) is 12.4 Å². The zero-order valence-electron chi connectivity index (χ0n) is 23.6. The van der Waals surface area contributed by atoms with E-state index < -0.39 is 12.1 Å². The number of ketones is 1. The predicted molar refractivity (Wildman–Crippen MR) is 159 cm³/mol. The number of anilines is 1. The van der Waals surface area contributed by atoms with Crippen LogP contribution in [-0.4, -0.2) is 30.9 Å². The summed E-state index contributed by atoms with van der Waals surface area (Å²) in [6.45, 7) is 1.96. The molecule has 1 amide bonds. The molecule has 0 saturated carbocycles. The first-order chi connectivity index (χ1) is 20.4. The van der Waals surface area contributed by atoms with Gasteiger partial charge in [-0.05, 0) is 79.6 Å². The van der Waals surface area contributed by atoms with Crippen molar-refractivity contribution in [3.63, 3.8) is 0 Å². The van der Waals surface area contributed by atoms with Crippen LogP contribution in [0.3, 0.4) is 0 Å². The van der Waals surface area contributed by atoms with Gasteiger partial charge in [-0.25, -0.2) is 0 Å². The number of nitrogens with one attached hydrogen (secondary N) is 1. The fourth-order valence-corrected chi connectivity index (χ4v) is 4.05.